The number of carbonyl (C=O) groups excluding carboxylic acids is 2. The topological polar surface area (TPSA) is 82.1 Å². The van der Waals surface area contributed by atoms with Crippen LogP contribution in [0.3, 0.4) is 0 Å². The van der Waals surface area contributed by atoms with E-state index in [9.17, 15) is 14.7 Å². The van der Waals surface area contributed by atoms with E-state index in [-0.39, 0.29) is 42.4 Å². The van der Waals surface area contributed by atoms with E-state index in [1.54, 1.807) is 17.0 Å². The molecule has 4 rings (SSSR count). The average molecular weight is 508 g/mol. The summed E-state index contributed by atoms with van der Waals surface area (Å²) in [7, 11) is 2.08. The highest BCUT2D eigenvalue weighted by Crippen LogP contribution is 2.32. The first-order valence-corrected chi connectivity index (χ1v) is 13.6. The number of likely N-dealkylation sites (N-methyl/N-ethyl adjacent to an activating group) is 1. The van der Waals surface area contributed by atoms with E-state index in [1.165, 1.54) is 12.0 Å². The predicted molar refractivity (Wildman–Crippen MR) is 146 cm³/mol. The number of nitrogens with one attached hydrogen (secondary N) is 1. The molecule has 1 saturated carbocycles. The van der Waals surface area contributed by atoms with Crippen molar-refractivity contribution in [3.05, 3.63) is 59.7 Å². The standard InChI is InChI=1S/C30H41N3O4/c1-21-17-33(22(2)20-34)30(36)26-16-25(31-29(35)24-12-8-5-9-13-24)14-15-27(26)37-28(21)19-32(3)18-23-10-6-4-7-11-23/h4,6-7,10-11,14-16,21-22,24,28,34H,5,8-9,12-13,17-20H2,1-3H3,(H,31,35)/t21-,22-,28+/m0/s1. The summed E-state index contributed by atoms with van der Waals surface area (Å²) in [4.78, 5) is 30.5. The normalized spacial score (nSPS) is 21.5. The Morgan fingerprint density at radius 1 is 1.16 bits per heavy atom. The molecule has 7 nitrogen and oxygen atoms in total. The molecule has 1 heterocycles. The van der Waals surface area contributed by atoms with Gasteiger partial charge in [-0.05, 0) is 50.6 Å². The molecule has 1 fully saturated rings. The lowest BCUT2D eigenvalue weighted by molar-refractivity contribution is -0.120. The second kappa shape index (κ2) is 12.6. The fourth-order valence-electron chi connectivity index (χ4n) is 5.39. The Bertz CT molecular complexity index is 1050. The van der Waals surface area contributed by atoms with Gasteiger partial charge in [-0.2, -0.15) is 0 Å². The fraction of sp³-hybridized carbons (Fsp3) is 0.533. The predicted octanol–water partition coefficient (Wildman–Crippen LogP) is 4.56. The summed E-state index contributed by atoms with van der Waals surface area (Å²) in [6.07, 6.45) is 5.03. The smallest absolute Gasteiger partial charge is 0.258 e. The zero-order chi connectivity index (χ0) is 26.4. The van der Waals surface area contributed by atoms with Gasteiger partial charge in [0, 0.05) is 37.2 Å². The molecular formula is C30H41N3O4. The maximum absolute atomic E-state index is 13.7. The van der Waals surface area contributed by atoms with Gasteiger partial charge in [-0.1, -0.05) is 56.5 Å². The maximum Gasteiger partial charge on any atom is 0.258 e. The largest absolute Gasteiger partial charge is 0.488 e. The van der Waals surface area contributed by atoms with Crippen LogP contribution in [-0.2, 0) is 11.3 Å². The van der Waals surface area contributed by atoms with E-state index >= 15 is 0 Å². The van der Waals surface area contributed by atoms with Crippen LogP contribution in [0, 0.1) is 11.8 Å². The van der Waals surface area contributed by atoms with Crippen LogP contribution in [-0.4, -0.2) is 65.6 Å². The van der Waals surface area contributed by atoms with Crippen molar-refractivity contribution in [2.45, 2.75) is 64.6 Å². The molecule has 2 amide bonds. The molecule has 1 aliphatic heterocycles. The van der Waals surface area contributed by atoms with Crippen LogP contribution in [0.25, 0.3) is 0 Å². The molecule has 0 bridgehead atoms. The van der Waals surface area contributed by atoms with Crippen LogP contribution >= 0.6 is 0 Å². The maximum atomic E-state index is 13.7. The highest BCUT2D eigenvalue weighted by molar-refractivity contribution is 6.00. The number of fused-ring (bicyclic) bond motifs is 1. The molecule has 200 valence electrons. The number of amides is 2. The summed E-state index contributed by atoms with van der Waals surface area (Å²) in [5, 5.41) is 12.9. The van der Waals surface area contributed by atoms with Crippen molar-refractivity contribution < 1.29 is 19.4 Å². The van der Waals surface area contributed by atoms with Gasteiger partial charge in [-0.15, -0.1) is 0 Å². The van der Waals surface area contributed by atoms with E-state index < -0.39 is 0 Å². The van der Waals surface area contributed by atoms with E-state index in [4.69, 9.17) is 4.74 Å². The van der Waals surface area contributed by atoms with Crippen LogP contribution in [0.5, 0.6) is 5.75 Å². The monoisotopic (exact) mass is 507 g/mol. The van der Waals surface area contributed by atoms with Gasteiger partial charge < -0.3 is 20.1 Å². The Kier molecular flexibility index (Phi) is 9.22. The van der Waals surface area contributed by atoms with Crippen molar-refractivity contribution >= 4 is 17.5 Å². The van der Waals surface area contributed by atoms with E-state index in [0.717, 1.165) is 32.2 Å². The molecule has 37 heavy (non-hydrogen) atoms. The minimum atomic E-state index is -0.330. The Hall–Kier alpha value is -2.90. The SMILES string of the molecule is C[C@H]1CN([C@@H](C)CO)C(=O)c2cc(NC(=O)C3CCCCC3)ccc2O[C@@H]1CN(C)Cc1ccccc1. The fourth-order valence-corrected chi connectivity index (χ4v) is 5.39. The number of hydrogen-bond donors (Lipinski definition) is 2. The highest BCUT2D eigenvalue weighted by atomic mass is 16.5. The van der Waals surface area contributed by atoms with Crippen LogP contribution in [0.2, 0.25) is 0 Å². The summed E-state index contributed by atoms with van der Waals surface area (Å²) in [5.74, 6) is 0.427. The molecule has 2 aromatic carbocycles. The number of anilines is 1. The summed E-state index contributed by atoms with van der Waals surface area (Å²) >= 11 is 0. The third-order valence-corrected chi connectivity index (χ3v) is 7.70. The van der Waals surface area contributed by atoms with E-state index in [0.29, 0.717) is 30.1 Å². The van der Waals surface area contributed by atoms with Crippen molar-refractivity contribution in [1.29, 1.82) is 0 Å². The quantitative estimate of drug-likeness (QED) is 0.548. The van der Waals surface area contributed by atoms with Gasteiger partial charge in [0.05, 0.1) is 18.2 Å². The van der Waals surface area contributed by atoms with E-state index in [2.05, 4.69) is 36.3 Å². The second-order valence-corrected chi connectivity index (χ2v) is 10.8. The zero-order valence-corrected chi connectivity index (χ0v) is 22.4. The van der Waals surface area contributed by atoms with Crippen molar-refractivity contribution in [2.24, 2.45) is 11.8 Å². The summed E-state index contributed by atoms with van der Waals surface area (Å²) in [5.41, 5.74) is 2.26. The van der Waals surface area contributed by atoms with Crippen LogP contribution < -0.4 is 10.1 Å². The molecule has 7 heteroatoms. The minimum Gasteiger partial charge on any atom is -0.488 e. The van der Waals surface area contributed by atoms with Gasteiger partial charge in [-0.3, -0.25) is 14.5 Å². The number of aliphatic hydroxyl groups excluding tert-OH is 1. The summed E-state index contributed by atoms with van der Waals surface area (Å²) < 4.78 is 6.50. The molecule has 3 atom stereocenters. The molecule has 0 saturated heterocycles. The van der Waals surface area contributed by atoms with E-state index in [1.807, 2.05) is 31.2 Å². The first kappa shape index (κ1) is 27.1. The Morgan fingerprint density at radius 2 is 1.89 bits per heavy atom. The molecule has 2 N–H and O–H groups in total. The minimum absolute atomic E-state index is 0.0217. The molecule has 0 spiro atoms. The van der Waals surface area contributed by atoms with Crippen LogP contribution in [0.4, 0.5) is 5.69 Å². The molecular weight excluding hydrogens is 466 g/mol. The Balaban J connectivity index is 1.57. The number of hydrogen-bond acceptors (Lipinski definition) is 5. The van der Waals surface area contributed by atoms with Crippen molar-refractivity contribution in [3.8, 4) is 5.75 Å². The lowest BCUT2D eigenvalue weighted by atomic mass is 9.88. The average Bonchev–Trinajstić information content (AvgIpc) is 2.91. The van der Waals surface area contributed by atoms with Crippen molar-refractivity contribution in [2.75, 3.05) is 32.1 Å². The van der Waals surface area contributed by atoms with Gasteiger partial charge in [0.2, 0.25) is 5.91 Å². The highest BCUT2D eigenvalue weighted by Gasteiger charge is 2.33. The Morgan fingerprint density at radius 3 is 2.59 bits per heavy atom. The molecule has 0 aromatic heterocycles. The number of benzene rings is 2. The van der Waals surface area contributed by atoms with Crippen molar-refractivity contribution in [3.63, 3.8) is 0 Å². The van der Waals surface area contributed by atoms with Crippen LogP contribution in [0.1, 0.15) is 61.9 Å². The Labute approximate surface area is 220 Å². The van der Waals surface area contributed by atoms with Gasteiger partial charge in [0.25, 0.3) is 5.91 Å². The second-order valence-electron chi connectivity index (χ2n) is 10.8. The first-order chi connectivity index (χ1) is 17.9. The van der Waals surface area contributed by atoms with Gasteiger partial charge in [-0.25, -0.2) is 0 Å². The van der Waals surface area contributed by atoms with Crippen molar-refractivity contribution in [1.82, 2.24) is 9.80 Å². The number of nitrogens with zero attached hydrogens (tertiary/aromatic N) is 2. The molecule has 2 aromatic rings. The number of aliphatic hydroxyl groups is 1. The third-order valence-electron chi connectivity index (χ3n) is 7.70. The lowest BCUT2D eigenvalue weighted by Crippen LogP contribution is -2.49. The third kappa shape index (κ3) is 6.90. The van der Waals surface area contributed by atoms with Crippen LogP contribution in [0.15, 0.2) is 48.5 Å². The molecule has 0 unspecified atom stereocenters. The number of rotatable bonds is 8. The van der Waals surface area contributed by atoms with Gasteiger partial charge in [0.15, 0.2) is 0 Å². The number of ether oxygens (including phenoxy) is 1. The lowest BCUT2D eigenvalue weighted by Gasteiger charge is -2.38. The molecule has 1 aliphatic carbocycles. The summed E-state index contributed by atoms with van der Waals surface area (Å²) in [6, 6.07) is 15.3. The van der Waals surface area contributed by atoms with Gasteiger partial charge >= 0.3 is 0 Å². The number of carbonyl (C=O) groups is 2. The molecule has 0 radical (unpaired) electrons. The first-order valence-electron chi connectivity index (χ1n) is 13.6. The van der Waals surface area contributed by atoms with Gasteiger partial charge in [0.1, 0.15) is 11.9 Å². The summed E-state index contributed by atoms with van der Waals surface area (Å²) in [6.45, 7) is 5.79. The zero-order valence-electron chi connectivity index (χ0n) is 22.4. The molecule has 2 aliphatic rings.